The number of nitrogens with two attached hydrogens (primary N) is 3. The number of hydrogen-bond donors (Lipinski definition) is 11. The first-order valence-corrected chi connectivity index (χ1v) is 24.2. The third-order valence-corrected chi connectivity index (χ3v) is 12.9. The number of aromatic amines is 1. The van der Waals surface area contributed by atoms with Crippen LogP contribution in [0.4, 0.5) is 0 Å². The summed E-state index contributed by atoms with van der Waals surface area (Å²) in [4.78, 5) is 125. The van der Waals surface area contributed by atoms with Crippen molar-refractivity contribution >= 4 is 53.3 Å². The number of likely N-dealkylation sites (tertiary alicyclic amines) is 1. The Morgan fingerprint density at radius 1 is 0.859 bits per heavy atom. The zero-order chi connectivity index (χ0) is 53.3. The lowest BCUT2D eigenvalue weighted by molar-refractivity contribution is -0.146. The molecule has 14 N–H and O–H groups in total. The van der Waals surface area contributed by atoms with E-state index in [0.717, 1.165) is 0 Å². The molecule has 7 amide bonds. The van der Waals surface area contributed by atoms with E-state index in [0.29, 0.717) is 30.5 Å². The maximum Gasteiger partial charge on any atom is 0.326 e. The van der Waals surface area contributed by atoms with Gasteiger partial charge >= 0.3 is 5.97 Å². The molecule has 0 spiro atoms. The zero-order valence-corrected chi connectivity index (χ0v) is 42.5. The number of carboxylic acid groups (broad SMARTS) is 1. The molecule has 0 saturated carbocycles. The second kappa shape index (κ2) is 27.0. The van der Waals surface area contributed by atoms with E-state index < -0.39 is 107 Å². The number of amides is 7. The van der Waals surface area contributed by atoms with E-state index in [1.807, 2.05) is 13.8 Å². The number of imidazole rings is 1. The van der Waals surface area contributed by atoms with Crippen LogP contribution in [0.3, 0.4) is 0 Å². The van der Waals surface area contributed by atoms with Crippen LogP contribution in [-0.2, 0) is 51.2 Å². The summed E-state index contributed by atoms with van der Waals surface area (Å²) in [6.07, 6.45) is 4.66. The Hall–Kier alpha value is -6.78. The summed E-state index contributed by atoms with van der Waals surface area (Å²) in [5, 5.41) is 33.6. The highest BCUT2D eigenvalue weighted by atomic mass is 16.4. The first-order chi connectivity index (χ1) is 33.3. The fraction of sp³-hybridized carbons (Fsp3) is 0.625. The van der Waals surface area contributed by atoms with Gasteiger partial charge in [0.15, 0.2) is 5.96 Å². The molecular weight excluding hydrogens is 919 g/mol. The van der Waals surface area contributed by atoms with Gasteiger partial charge < -0.3 is 68.8 Å². The Morgan fingerprint density at radius 3 is 2.03 bits per heavy atom. The van der Waals surface area contributed by atoms with Crippen molar-refractivity contribution in [1.29, 1.82) is 0 Å². The molecule has 1 saturated heterocycles. The topological polar surface area (TPSA) is 363 Å². The Labute approximate surface area is 415 Å². The molecule has 23 nitrogen and oxygen atoms in total. The van der Waals surface area contributed by atoms with Gasteiger partial charge in [-0.3, -0.25) is 38.6 Å². The van der Waals surface area contributed by atoms with Crippen LogP contribution in [0, 0.1) is 17.8 Å². The Kier molecular flexibility index (Phi) is 22.3. The number of benzene rings is 1. The average Bonchev–Trinajstić information content (AvgIpc) is 4.03. The highest BCUT2D eigenvalue weighted by Gasteiger charge is 2.42. The van der Waals surface area contributed by atoms with Crippen molar-refractivity contribution in [2.75, 3.05) is 20.1 Å². The number of H-pyrrole nitrogens is 1. The molecule has 2 aromatic rings. The van der Waals surface area contributed by atoms with Gasteiger partial charge in [-0.15, -0.1) is 0 Å². The molecule has 0 radical (unpaired) electrons. The van der Waals surface area contributed by atoms with Crippen molar-refractivity contribution < 1.29 is 48.6 Å². The number of aromatic hydroxyl groups is 1. The van der Waals surface area contributed by atoms with Crippen molar-refractivity contribution in [3.63, 3.8) is 0 Å². The number of likely N-dealkylation sites (N-methyl/N-ethyl adjacent to an activating group) is 1. The molecule has 394 valence electrons. The van der Waals surface area contributed by atoms with Gasteiger partial charge in [-0.1, -0.05) is 66.5 Å². The number of aromatic nitrogens is 2. The lowest BCUT2D eigenvalue weighted by Gasteiger charge is -2.35. The van der Waals surface area contributed by atoms with Crippen molar-refractivity contribution in [2.24, 2.45) is 39.9 Å². The molecular formula is C48H77N13O10. The normalized spacial score (nSPS) is 17.0. The van der Waals surface area contributed by atoms with E-state index >= 15 is 0 Å². The van der Waals surface area contributed by atoms with Gasteiger partial charge in [-0.25, -0.2) is 9.78 Å². The van der Waals surface area contributed by atoms with Crippen LogP contribution in [0.2, 0.25) is 0 Å². The van der Waals surface area contributed by atoms with Crippen LogP contribution in [0.1, 0.15) is 105 Å². The summed E-state index contributed by atoms with van der Waals surface area (Å²) in [6.45, 7) is 13.7. The standard InChI is InChI=1S/C48H77N13O10/c1-10-27(5)37(42(66)55-33(23-30-24-52-25-54-30)43(67)61-21-13-15-34(61)40(64)59-38(45(69)70)28(6)11-2)58-41(65)35(22-29-16-18-31(62)19-17-29)60(9)44(68)36(26(3)4)57-39(63)32(14-12-20-53-47(49)50)56-46(71)48(7,8)51/h16-19,24-28,32-38,62H,10-15,20-23,51H2,1-9H3,(H,52,54)(H,55,66)(H,56,71)(H,57,63)(H,58,65)(H,59,64)(H,69,70)(H4,49,50,53)/t27-,28-,32-,33-,34-,35-,36-,37-,38-/m0/s1. The minimum atomic E-state index is -1.35. The number of hydrogen-bond acceptors (Lipinski definition) is 12. The Morgan fingerprint density at radius 2 is 1.48 bits per heavy atom. The van der Waals surface area contributed by atoms with E-state index in [1.165, 1.54) is 55.4 Å². The molecule has 1 aromatic heterocycles. The van der Waals surface area contributed by atoms with Crippen LogP contribution in [-0.4, -0.2) is 151 Å². The second-order valence-corrected chi connectivity index (χ2v) is 19.4. The number of guanidine groups is 1. The maximum atomic E-state index is 14.8. The minimum absolute atomic E-state index is 0.0381. The number of aliphatic carboxylic acids is 1. The fourth-order valence-corrected chi connectivity index (χ4v) is 7.98. The lowest BCUT2D eigenvalue weighted by atomic mass is 9.95. The number of aliphatic imine (C=N–C) groups is 1. The van der Waals surface area contributed by atoms with Crippen LogP contribution >= 0.6 is 0 Å². The number of carboxylic acids is 1. The number of nitrogens with zero attached hydrogens (tertiary/aromatic N) is 4. The third-order valence-electron chi connectivity index (χ3n) is 12.9. The average molecular weight is 996 g/mol. The van der Waals surface area contributed by atoms with Gasteiger partial charge in [-0.2, -0.15) is 0 Å². The molecule has 1 aliphatic rings. The summed E-state index contributed by atoms with van der Waals surface area (Å²) in [7, 11) is 1.39. The largest absolute Gasteiger partial charge is 0.508 e. The molecule has 71 heavy (non-hydrogen) atoms. The van der Waals surface area contributed by atoms with Gasteiger partial charge in [0.2, 0.25) is 41.4 Å². The summed E-state index contributed by atoms with van der Waals surface area (Å²) in [5.41, 5.74) is 16.6. The van der Waals surface area contributed by atoms with E-state index in [1.54, 1.807) is 39.8 Å². The monoisotopic (exact) mass is 996 g/mol. The highest BCUT2D eigenvalue weighted by molar-refractivity contribution is 5.98. The van der Waals surface area contributed by atoms with E-state index in [4.69, 9.17) is 17.2 Å². The van der Waals surface area contributed by atoms with E-state index in [9.17, 15) is 48.6 Å². The highest BCUT2D eigenvalue weighted by Crippen LogP contribution is 2.22. The number of phenolic OH excluding ortho intramolecular Hbond substituents is 1. The van der Waals surface area contributed by atoms with E-state index in [2.05, 4.69) is 41.5 Å². The number of phenols is 1. The summed E-state index contributed by atoms with van der Waals surface area (Å²) >= 11 is 0. The molecule has 1 fully saturated rings. The van der Waals surface area contributed by atoms with Crippen molar-refractivity contribution in [3.8, 4) is 5.75 Å². The van der Waals surface area contributed by atoms with Crippen molar-refractivity contribution in [3.05, 3.63) is 48.0 Å². The molecule has 2 heterocycles. The first-order valence-electron chi connectivity index (χ1n) is 24.2. The Balaban J connectivity index is 1.98. The Bertz CT molecular complexity index is 2160. The first kappa shape index (κ1) is 58.5. The van der Waals surface area contributed by atoms with Crippen LogP contribution in [0.25, 0.3) is 0 Å². The predicted octanol–water partition coefficient (Wildman–Crippen LogP) is -0.234. The van der Waals surface area contributed by atoms with Gasteiger partial charge in [0.1, 0.15) is 48.0 Å². The molecule has 0 unspecified atom stereocenters. The molecule has 0 aliphatic carbocycles. The SMILES string of the molecule is CC[C@H](C)[C@H](NC(=O)[C@@H]1CCCN1C(=O)[C@H](Cc1cnc[nH]1)NC(=O)[C@@H](NC(=O)[C@H](Cc1ccc(O)cc1)N(C)C(=O)[C@@H](NC(=O)[C@H](CCCN=C(N)N)NC(=O)C(C)(C)N)C(C)C)[C@@H](C)CC)C(=O)O. The van der Waals surface area contributed by atoms with E-state index in [-0.39, 0.29) is 62.8 Å². The summed E-state index contributed by atoms with van der Waals surface area (Å²) in [5.74, 6) is -7.55. The van der Waals surface area contributed by atoms with Gasteiger partial charge in [-0.05, 0) is 75.0 Å². The second-order valence-electron chi connectivity index (χ2n) is 19.4. The number of carbonyl (C=O) groups is 8. The zero-order valence-electron chi connectivity index (χ0n) is 42.5. The molecule has 0 bridgehead atoms. The number of carbonyl (C=O) groups excluding carboxylic acids is 7. The minimum Gasteiger partial charge on any atom is -0.508 e. The summed E-state index contributed by atoms with van der Waals surface area (Å²) < 4.78 is 0. The quantitative estimate of drug-likeness (QED) is 0.0313. The lowest BCUT2D eigenvalue weighted by Crippen LogP contribution is -2.62. The number of nitrogens with one attached hydrogen (secondary N) is 6. The fourth-order valence-electron chi connectivity index (χ4n) is 7.98. The molecule has 1 aromatic carbocycles. The van der Waals surface area contributed by atoms with Crippen molar-refractivity contribution in [1.82, 2.24) is 46.4 Å². The van der Waals surface area contributed by atoms with Crippen molar-refractivity contribution in [2.45, 2.75) is 155 Å². The number of rotatable bonds is 27. The smallest absolute Gasteiger partial charge is 0.326 e. The maximum absolute atomic E-state index is 14.8. The summed E-state index contributed by atoms with van der Waals surface area (Å²) in [6, 6.07) is -2.42. The predicted molar refractivity (Wildman–Crippen MR) is 265 cm³/mol. The molecule has 9 atom stereocenters. The van der Waals surface area contributed by atoms with Gasteiger partial charge in [0, 0.05) is 44.9 Å². The third kappa shape index (κ3) is 17.2. The van der Waals surface area contributed by atoms with Crippen LogP contribution in [0.15, 0.2) is 41.8 Å². The molecule has 23 heteroatoms. The van der Waals surface area contributed by atoms with Gasteiger partial charge in [0.25, 0.3) is 0 Å². The molecule has 1 aliphatic heterocycles. The van der Waals surface area contributed by atoms with Gasteiger partial charge in [0.05, 0.1) is 11.9 Å². The molecule has 3 rings (SSSR count). The van der Waals surface area contributed by atoms with Crippen LogP contribution < -0.4 is 43.8 Å². The van der Waals surface area contributed by atoms with Crippen LogP contribution in [0.5, 0.6) is 5.75 Å².